The third-order valence-electron chi connectivity index (χ3n) is 4.29. The highest BCUT2D eigenvalue weighted by molar-refractivity contribution is 14.0. The summed E-state index contributed by atoms with van der Waals surface area (Å²) >= 11 is 0. The molecule has 0 unspecified atom stereocenters. The van der Waals surface area contributed by atoms with Crippen molar-refractivity contribution in [2.24, 2.45) is 12.0 Å². The molecule has 7 nitrogen and oxygen atoms in total. The molecule has 1 aliphatic rings. The summed E-state index contributed by atoms with van der Waals surface area (Å²) in [6.45, 7) is 13.8. The molecule has 2 rings (SSSR count). The smallest absolute Gasteiger partial charge is 0.192 e. The number of nitrogens with one attached hydrogen (secondary N) is 2. The van der Waals surface area contributed by atoms with Gasteiger partial charge in [-0.15, -0.1) is 47.3 Å². The van der Waals surface area contributed by atoms with Crippen LogP contribution in [0.3, 0.4) is 0 Å². The number of hydrogen-bond donors (Lipinski definition) is 2. The molecule has 1 saturated heterocycles. The average molecular weight is 459 g/mol. The normalized spacial score (nSPS) is 16.2. The van der Waals surface area contributed by atoms with Gasteiger partial charge in [0.15, 0.2) is 11.8 Å². The van der Waals surface area contributed by atoms with E-state index < -0.39 is 0 Å². The highest BCUT2D eigenvalue weighted by atomic mass is 127. The van der Waals surface area contributed by atoms with Crippen molar-refractivity contribution < 1.29 is 0 Å². The zero-order chi connectivity index (χ0) is 17.4. The van der Waals surface area contributed by atoms with Crippen LogP contribution in [0.5, 0.6) is 0 Å². The minimum Gasteiger partial charge on any atom is -0.354 e. The number of aryl methyl sites for hydroxylation is 1. The molecule has 1 aliphatic heterocycles. The summed E-state index contributed by atoms with van der Waals surface area (Å²) in [5, 5.41) is 15.0. The van der Waals surface area contributed by atoms with Crippen LogP contribution < -0.4 is 10.6 Å². The van der Waals surface area contributed by atoms with Crippen molar-refractivity contribution in [2.45, 2.75) is 32.4 Å². The molecule has 1 aromatic heterocycles. The summed E-state index contributed by atoms with van der Waals surface area (Å²) in [5.41, 5.74) is 0. The molecule has 1 aromatic rings. The van der Waals surface area contributed by atoms with E-state index >= 15 is 0 Å². The van der Waals surface area contributed by atoms with E-state index in [4.69, 9.17) is 0 Å². The van der Waals surface area contributed by atoms with E-state index in [1.807, 2.05) is 30.7 Å². The lowest BCUT2D eigenvalue weighted by atomic mass is 10.1. The second-order valence-corrected chi connectivity index (χ2v) is 6.06. The van der Waals surface area contributed by atoms with Crippen molar-refractivity contribution in [3.05, 3.63) is 37.0 Å². The van der Waals surface area contributed by atoms with Gasteiger partial charge in [0.1, 0.15) is 12.4 Å². The van der Waals surface area contributed by atoms with Crippen LogP contribution in [0.25, 0.3) is 0 Å². The lowest BCUT2D eigenvalue weighted by Gasteiger charge is -2.32. The molecule has 0 amide bonds. The van der Waals surface area contributed by atoms with Crippen molar-refractivity contribution in [3.8, 4) is 0 Å². The average Bonchev–Trinajstić information content (AvgIpc) is 2.91. The molecule has 25 heavy (non-hydrogen) atoms. The molecule has 1 fully saturated rings. The Hall–Kier alpha value is -1.42. The second-order valence-electron chi connectivity index (χ2n) is 6.06. The highest BCUT2D eigenvalue weighted by Gasteiger charge is 2.19. The van der Waals surface area contributed by atoms with Crippen LogP contribution in [0, 0.1) is 6.92 Å². The first kappa shape index (κ1) is 21.6. The molecule has 140 valence electrons. The topological polar surface area (TPSA) is 70.4 Å². The molecule has 0 saturated carbocycles. The number of aromatic nitrogens is 3. The van der Waals surface area contributed by atoms with Crippen LogP contribution in [0.2, 0.25) is 0 Å². The SMILES string of the molecule is C=CCNC(=NCc1nnc(C)n1C)NC1CCN(CC=C)CC1.I. The van der Waals surface area contributed by atoms with Crippen molar-refractivity contribution >= 4 is 29.9 Å². The zero-order valence-electron chi connectivity index (χ0n) is 15.2. The Labute approximate surface area is 167 Å². The van der Waals surface area contributed by atoms with Gasteiger partial charge in [-0.25, -0.2) is 4.99 Å². The number of hydrogen-bond acceptors (Lipinski definition) is 4. The maximum Gasteiger partial charge on any atom is 0.192 e. The largest absolute Gasteiger partial charge is 0.354 e. The lowest BCUT2D eigenvalue weighted by molar-refractivity contribution is 0.225. The number of guanidine groups is 1. The van der Waals surface area contributed by atoms with E-state index in [9.17, 15) is 0 Å². The number of nitrogens with zero attached hydrogens (tertiary/aromatic N) is 5. The van der Waals surface area contributed by atoms with Crippen LogP contribution >= 0.6 is 24.0 Å². The molecule has 0 atom stereocenters. The minimum atomic E-state index is 0. The molecule has 2 N–H and O–H groups in total. The molecule has 0 radical (unpaired) electrons. The Balaban J connectivity index is 0.00000312. The molecule has 8 heteroatoms. The Kier molecular flexibility index (Phi) is 9.73. The summed E-state index contributed by atoms with van der Waals surface area (Å²) in [6.07, 6.45) is 6.00. The van der Waals surface area contributed by atoms with Gasteiger partial charge < -0.3 is 15.2 Å². The Morgan fingerprint density at radius 3 is 2.56 bits per heavy atom. The van der Waals surface area contributed by atoms with Crippen molar-refractivity contribution in [1.29, 1.82) is 0 Å². The summed E-state index contributed by atoms with van der Waals surface area (Å²) in [6, 6.07) is 0.434. The predicted octanol–water partition coefficient (Wildman–Crippen LogP) is 1.61. The fraction of sp³-hybridized carbons (Fsp3) is 0.588. The molecule has 0 bridgehead atoms. The Morgan fingerprint density at radius 2 is 2.00 bits per heavy atom. The predicted molar refractivity (Wildman–Crippen MR) is 113 cm³/mol. The maximum absolute atomic E-state index is 4.65. The van der Waals surface area contributed by atoms with Crippen molar-refractivity contribution in [1.82, 2.24) is 30.3 Å². The molecule has 2 heterocycles. The molecular weight excluding hydrogens is 429 g/mol. The van der Waals surface area contributed by atoms with Gasteiger partial charge in [-0.05, 0) is 19.8 Å². The Morgan fingerprint density at radius 1 is 1.28 bits per heavy atom. The number of likely N-dealkylation sites (tertiary alicyclic amines) is 1. The van der Waals surface area contributed by atoms with Gasteiger partial charge in [0.2, 0.25) is 0 Å². The fourth-order valence-corrected chi connectivity index (χ4v) is 2.70. The third-order valence-corrected chi connectivity index (χ3v) is 4.29. The van der Waals surface area contributed by atoms with Crippen molar-refractivity contribution in [3.63, 3.8) is 0 Å². The van der Waals surface area contributed by atoms with Gasteiger partial charge in [0, 0.05) is 39.3 Å². The van der Waals surface area contributed by atoms with Gasteiger partial charge in [-0.2, -0.15) is 0 Å². The van der Waals surface area contributed by atoms with E-state index in [0.29, 0.717) is 19.1 Å². The second kappa shape index (κ2) is 11.2. The number of piperidine rings is 1. The lowest BCUT2D eigenvalue weighted by Crippen LogP contribution is -2.48. The Bertz CT molecular complexity index is 574. The molecule has 0 spiro atoms. The van der Waals surface area contributed by atoms with E-state index in [0.717, 1.165) is 50.1 Å². The number of halogens is 1. The number of rotatable bonds is 7. The van der Waals surface area contributed by atoms with E-state index in [1.54, 1.807) is 0 Å². The van der Waals surface area contributed by atoms with Gasteiger partial charge in [-0.3, -0.25) is 4.90 Å². The summed E-state index contributed by atoms with van der Waals surface area (Å²) in [5.74, 6) is 2.55. The third kappa shape index (κ3) is 6.77. The van der Waals surface area contributed by atoms with Crippen LogP contribution in [-0.4, -0.2) is 57.8 Å². The van der Waals surface area contributed by atoms with Crippen LogP contribution in [0.15, 0.2) is 30.3 Å². The van der Waals surface area contributed by atoms with Gasteiger partial charge >= 0.3 is 0 Å². The first-order valence-electron chi connectivity index (χ1n) is 8.48. The quantitative estimate of drug-likeness (QED) is 0.281. The summed E-state index contributed by atoms with van der Waals surface area (Å²) in [7, 11) is 1.96. The monoisotopic (exact) mass is 459 g/mol. The first-order chi connectivity index (χ1) is 11.6. The molecular formula is C17H30IN7. The minimum absolute atomic E-state index is 0. The van der Waals surface area contributed by atoms with Gasteiger partial charge in [0.25, 0.3) is 0 Å². The summed E-state index contributed by atoms with van der Waals surface area (Å²) in [4.78, 5) is 7.07. The zero-order valence-corrected chi connectivity index (χ0v) is 17.6. The number of aliphatic imine (C=N–C) groups is 1. The van der Waals surface area contributed by atoms with E-state index in [2.05, 4.69) is 43.9 Å². The molecule has 0 aliphatic carbocycles. The van der Waals surface area contributed by atoms with Crippen molar-refractivity contribution in [2.75, 3.05) is 26.2 Å². The van der Waals surface area contributed by atoms with Crippen LogP contribution in [0.1, 0.15) is 24.5 Å². The fourth-order valence-electron chi connectivity index (χ4n) is 2.70. The van der Waals surface area contributed by atoms with Crippen LogP contribution in [-0.2, 0) is 13.6 Å². The first-order valence-corrected chi connectivity index (χ1v) is 8.48. The van der Waals surface area contributed by atoms with Gasteiger partial charge in [0.05, 0.1) is 0 Å². The highest BCUT2D eigenvalue weighted by Crippen LogP contribution is 2.10. The summed E-state index contributed by atoms with van der Waals surface area (Å²) < 4.78 is 1.96. The van der Waals surface area contributed by atoms with Crippen LogP contribution in [0.4, 0.5) is 0 Å². The molecule has 0 aromatic carbocycles. The van der Waals surface area contributed by atoms with E-state index in [-0.39, 0.29) is 24.0 Å². The van der Waals surface area contributed by atoms with E-state index in [1.165, 1.54) is 0 Å². The van der Waals surface area contributed by atoms with Gasteiger partial charge in [-0.1, -0.05) is 12.2 Å². The standard InChI is InChI=1S/C17H29N7.HI/c1-5-9-18-17(19-13-16-22-21-14(3)23(16)4)20-15-7-11-24(10-6-2)12-8-15;/h5-6,15H,1-2,7-13H2,3-4H3,(H2,18,19,20);1H. The maximum atomic E-state index is 4.65.